The molecule has 0 bridgehead atoms. The molecule has 0 unspecified atom stereocenters. The third kappa shape index (κ3) is 7.15. The van der Waals surface area contributed by atoms with E-state index in [1.54, 1.807) is 36.4 Å². The van der Waals surface area contributed by atoms with E-state index in [9.17, 15) is 9.18 Å². The van der Waals surface area contributed by atoms with Gasteiger partial charge in [-0.2, -0.15) is 5.10 Å². The highest BCUT2D eigenvalue weighted by Crippen LogP contribution is 2.36. The molecule has 0 heterocycles. The number of hydrazone groups is 1. The topological polar surface area (TPSA) is 59.9 Å². The molecule has 0 aliphatic heterocycles. The monoisotopic (exact) mass is 492 g/mol. The number of carbonyl (C=O) groups excluding carboxylic acids is 1. The highest BCUT2D eigenvalue weighted by Gasteiger charge is 2.12. The van der Waals surface area contributed by atoms with Crippen LogP contribution in [0.2, 0.25) is 10.0 Å². The van der Waals surface area contributed by atoms with Gasteiger partial charge >= 0.3 is 0 Å². The Morgan fingerprint density at radius 2 is 1.84 bits per heavy atom. The average molecular weight is 493 g/mol. The van der Waals surface area contributed by atoms with Crippen LogP contribution in [0, 0.1) is 5.82 Å². The van der Waals surface area contributed by atoms with Gasteiger partial charge in [0.1, 0.15) is 12.4 Å². The zero-order valence-corrected chi connectivity index (χ0v) is 19.3. The Kier molecular flexibility index (Phi) is 8.79. The van der Waals surface area contributed by atoms with Crippen molar-refractivity contribution in [1.29, 1.82) is 0 Å². The van der Waals surface area contributed by atoms with E-state index >= 15 is 0 Å². The molecule has 1 N–H and O–H groups in total. The normalized spacial score (nSPS) is 10.9. The first kappa shape index (κ1) is 23.9. The van der Waals surface area contributed by atoms with Gasteiger partial charge in [0.2, 0.25) is 5.91 Å². The lowest BCUT2D eigenvalue weighted by Crippen LogP contribution is -2.19. The number of carbonyl (C=O) groups is 1. The van der Waals surface area contributed by atoms with Crippen molar-refractivity contribution >= 4 is 47.1 Å². The molecule has 5 nitrogen and oxygen atoms in total. The minimum absolute atomic E-state index is 0.200. The number of nitrogens with one attached hydrogen (secondary N) is 1. The largest absolute Gasteiger partial charge is 0.493 e. The number of rotatable bonds is 9. The smallest absolute Gasteiger partial charge is 0.250 e. The van der Waals surface area contributed by atoms with Crippen molar-refractivity contribution in [2.45, 2.75) is 11.5 Å². The molecular weight excluding hydrogens is 474 g/mol. The molecule has 0 saturated carbocycles. The van der Waals surface area contributed by atoms with Crippen LogP contribution < -0.4 is 14.9 Å². The van der Waals surface area contributed by atoms with Crippen molar-refractivity contribution < 1.29 is 18.7 Å². The van der Waals surface area contributed by atoms with Crippen molar-refractivity contribution in [3.05, 3.63) is 87.7 Å². The van der Waals surface area contributed by atoms with Gasteiger partial charge in [-0.25, -0.2) is 9.82 Å². The third-order valence-corrected chi connectivity index (χ3v) is 5.68. The van der Waals surface area contributed by atoms with Crippen LogP contribution >= 0.6 is 35.0 Å². The molecule has 0 aliphatic rings. The van der Waals surface area contributed by atoms with E-state index < -0.39 is 0 Å². The molecular formula is C23H19Cl2FN2O3S. The molecule has 0 fully saturated rings. The molecule has 32 heavy (non-hydrogen) atoms. The summed E-state index contributed by atoms with van der Waals surface area (Å²) in [6.07, 6.45) is 1.46. The minimum atomic E-state index is -0.316. The molecule has 3 aromatic carbocycles. The maximum Gasteiger partial charge on any atom is 0.250 e. The van der Waals surface area contributed by atoms with Crippen molar-refractivity contribution in [3.8, 4) is 11.5 Å². The SMILES string of the molecule is COc1cc(/C=N\NC(=O)CSc2ccc(Cl)cc2)cc(Cl)c1OCc1ccc(F)cc1. The van der Waals surface area contributed by atoms with Gasteiger partial charge in [0, 0.05) is 9.92 Å². The molecule has 3 aromatic rings. The lowest BCUT2D eigenvalue weighted by atomic mass is 10.2. The quantitative estimate of drug-likeness (QED) is 0.227. The van der Waals surface area contributed by atoms with Crippen LogP contribution in [0.4, 0.5) is 4.39 Å². The van der Waals surface area contributed by atoms with E-state index in [1.807, 2.05) is 12.1 Å². The summed E-state index contributed by atoms with van der Waals surface area (Å²) in [5.41, 5.74) is 3.88. The maximum atomic E-state index is 13.0. The number of amides is 1. The molecule has 166 valence electrons. The van der Waals surface area contributed by atoms with Crippen molar-refractivity contribution in [3.63, 3.8) is 0 Å². The van der Waals surface area contributed by atoms with E-state index in [4.69, 9.17) is 32.7 Å². The summed E-state index contributed by atoms with van der Waals surface area (Å²) in [5, 5.41) is 4.93. The lowest BCUT2D eigenvalue weighted by Gasteiger charge is -2.13. The Bertz CT molecular complexity index is 1090. The van der Waals surface area contributed by atoms with Crippen LogP contribution in [0.5, 0.6) is 11.5 Å². The molecule has 0 aliphatic carbocycles. The summed E-state index contributed by atoms with van der Waals surface area (Å²) in [5.74, 6) is 0.408. The van der Waals surface area contributed by atoms with Crippen LogP contribution in [0.15, 0.2) is 70.7 Å². The number of halogens is 3. The molecule has 0 spiro atoms. The maximum absolute atomic E-state index is 13.0. The highest BCUT2D eigenvalue weighted by molar-refractivity contribution is 8.00. The van der Waals surface area contributed by atoms with E-state index in [2.05, 4.69) is 10.5 Å². The number of benzene rings is 3. The fraction of sp³-hybridized carbons (Fsp3) is 0.130. The fourth-order valence-electron chi connectivity index (χ4n) is 2.58. The molecule has 0 atom stereocenters. The fourth-order valence-corrected chi connectivity index (χ4v) is 3.67. The molecule has 9 heteroatoms. The van der Waals surface area contributed by atoms with Crippen molar-refractivity contribution in [2.24, 2.45) is 5.10 Å². The summed E-state index contributed by atoms with van der Waals surface area (Å²) in [4.78, 5) is 12.9. The van der Waals surface area contributed by atoms with Gasteiger partial charge in [0.05, 0.1) is 24.1 Å². The third-order valence-electron chi connectivity index (χ3n) is 4.13. The summed E-state index contributed by atoms with van der Waals surface area (Å²) < 4.78 is 24.2. The molecule has 1 amide bonds. The first-order chi connectivity index (χ1) is 15.4. The van der Waals surface area contributed by atoms with Gasteiger partial charge in [-0.05, 0) is 59.7 Å². The van der Waals surface area contributed by atoms with E-state index in [-0.39, 0.29) is 24.1 Å². The Labute approximate surface area is 199 Å². The summed E-state index contributed by atoms with van der Waals surface area (Å²) >= 11 is 13.6. The zero-order valence-electron chi connectivity index (χ0n) is 17.0. The van der Waals surface area contributed by atoms with Crippen molar-refractivity contribution in [1.82, 2.24) is 5.43 Å². The number of hydrogen-bond acceptors (Lipinski definition) is 5. The molecule has 0 aromatic heterocycles. The van der Waals surface area contributed by atoms with Crippen molar-refractivity contribution in [2.75, 3.05) is 12.9 Å². The van der Waals surface area contributed by atoms with Crippen LogP contribution in [-0.4, -0.2) is 25.0 Å². The minimum Gasteiger partial charge on any atom is -0.493 e. The van der Waals surface area contributed by atoms with Gasteiger partial charge < -0.3 is 9.47 Å². The second-order valence-corrected chi connectivity index (χ2v) is 8.38. The van der Waals surface area contributed by atoms with Crippen LogP contribution in [-0.2, 0) is 11.4 Å². The molecule has 0 saturated heterocycles. The van der Waals surface area contributed by atoms with Crippen LogP contribution in [0.1, 0.15) is 11.1 Å². The Hall–Kier alpha value is -2.74. The second kappa shape index (κ2) is 11.8. The number of ether oxygens (including phenoxy) is 2. The summed E-state index contributed by atoms with van der Waals surface area (Å²) in [7, 11) is 1.49. The number of hydrogen-bond donors (Lipinski definition) is 1. The number of nitrogens with zero attached hydrogens (tertiary/aromatic N) is 1. The second-order valence-electron chi connectivity index (χ2n) is 6.49. The Morgan fingerprint density at radius 3 is 2.53 bits per heavy atom. The molecule has 0 radical (unpaired) electrons. The van der Waals surface area contributed by atoms with Gasteiger partial charge in [-0.15, -0.1) is 11.8 Å². The summed E-state index contributed by atoms with van der Waals surface area (Å²) in [6, 6.07) is 16.5. The zero-order chi connectivity index (χ0) is 22.9. The van der Waals surface area contributed by atoms with Gasteiger partial charge in [0.15, 0.2) is 11.5 Å². The lowest BCUT2D eigenvalue weighted by molar-refractivity contribution is -0.118. The first-order valence-corrected chi connectivity index (χ1v) is 11.1. The average Bonchev–Trinajstić information content (AvgIpc) is 2.79. The van der Waals surface area contributed by atoms with Gasteiger partial charge in [-0.3, -0.25) is 4.79 Å². The van der Waals surface area contributed by atoms with Gasteiger partial charge in [0.25, 0.3) is 0 Å². The van der Waals surface area contributed by atoms with E-state index in [0.29, 0.717) is 27.1 Å². The Morgan fingerprint density at radius 1 is 1.12 bits per heavy atom. The van der Waals surface area contributed by atoms with Gasteiger partial charge in [-0.1, -0.05) is 35.3 Å². The standard InChI is InChI=1S/C23H19Cl2FN2O3S/c1-30-21-11-16(10-20(25)23(21)31-13-15-2-6-18(26)7-3-15)12-27-28-22(29)14-32-19-8-4-17(24)5-9-19/h2-12H,13-14H2,1H3,(H,28,29)/b27-12-. The highest BCUT2D eigenvalue weighted by atomic mass is 35.5. The number of thioether (sulfide) groups is 1. The predicted molar refractivity (Wildman–Crippen MR) is 127 cm³/mol. The van der Waals surface area contributed by atoms with Crippen LogP contribution in [0.25, 0.3) is 0 Å². The predicted octanol–water partition coefficient (Wildman–Crippen LogP) is 5.96. The van der Waals surface area contributed by atoms with E-state index in [0.717, 1.165) is 10.5 Å². The first-order valence-electron chi connectivity index (χ1n) is 9.39. The molecule has 3 rings (SSSR count). The van der Waals surface area contributed by atoms with Crippen LogP contribution in [0.3, 0.4) is 0 Å². The Balaban J connectivity index is 1.57. The number of methoxy groups -OCH3 is 1. The van der Waals surface area contributed by atoms with E-state index in [1.165, 1.54) is 37.2 Å². The summed E-state index contributed by atoms with van der Waals surface area (Å²) in [6.45, 7) is 0.200.